The third-order valence-corrected chi connectivity index (χ3v) is 5.06. The van der Waals surface area contributed by atoms with E-state index in [9.17, 15) is 14.7 Å². The summed E-state index contributed by atoms with van der Waals surface area (Å²) in [6, 6.07) is 13.2. The molecule has 0 bridgehead atoms. The van der Waals surface area contributed by atoms with E-state index in [1.807, 2.05) is 44.2 Å². The zero-order chi connectivity index (χ0) is 18.8. The normalized spacial score (nSPS) is 19.4. The third-order valence-electron chi connectivity index (χ3n) is 5.06. The fraction of sp³-hybridized carbons (Fsp3) is 0.333. The lowest BCUT2D eigenvalue weighted by molar-refractivity contribution is -0.141. The molecule has 2 aromatic carbocycles. The minimum Gasteiger partial charge on any atom is -0.496 e. The number of carboxylic acids is 1. The van der Waals surface area contributed by atoms with Crippen LogP contribution < -0.4 is 4.74 Å². The second-order valence-corrected chi connectivity index (χ2v) is 6.82. The molecular weight excluding hydrogens is 330 g/mol. The molecule has 0 aliphatic carbocycles. The van der Waals surface area contributed by atoms with Crippen LogP contribution >= 0.6 is 0 Å². The molecule has 5 nitrogen and oxygen atoms in total. The largest absolute Gasteiger partial charge is 0.496 e. The Morgan fingerprint density at radius 1 is 1.08 bits per heavy atom. The molecule has 0 spiro atoms. The molecule has 1 aliphatic rings. The summed E-state index contributed by atoms with van der Waals surface area (Å²) in [5.41, 5.74) is 3.31. The summed E-state index contributed by atoms with van der Waals surface area (Å²) in [6.07, 6.45) is 0. The topological polar surface area (TPSA) is 66.8 Å². The summed E-state index contributed by atoms with van der Waals surface area (Å²) in [7, 11) is 1.61. The van der Waals surface area contributed by atoms with Crippen molar-refractivity contribution in [2.45, 2.75) is 19.8 Å². The number of carbonyl (C=O) groups excluding carboxylic acids is 1. The summed E-state index contributed by atoms with van der Waals surface area (Å²) in [5, 5.41) is 9.62. The molecule has 1 fully saturated rings. The minimum absolute atomic E-state index is 0.136. The standard InChI is InChI=1S/C21H23NO4/c1-13-9-16(10-14(2)19(13)26-3)20(23)22-11-17(18(12-22)21(24)25)15-7-5-4-6-8-15/h4-10,17-18H,11-12H2,1-3H3,(H,24,25)/t17-,18-/m0/s1. The number of ether oxygens (including phenoxy) is 1. The number of likely N-dealkylation sites (tertiary alicyclic amines) is 1. The monoisotopic (exact) mass is 353 g/mol. The molecule has 1 heterocycles. The molecule has 2 aromatic rings. The summed E-state index contributed by atoms with van der Waals surface area (Å²) >= 11 is 0. The van der Waals surface area contributed by atoms with Crippen molar-refractivity contribution in [2.75, 3.05) is 20.2 Å². The Morgan fingerprint density at radius 3 is 2.23 bits per heavy atom. The molecule has 1 amide bonds. The first kappa shape index (κ1) is 18.0. The van der Waals surface area contributed by atoms with Crippen LogP contribution in [0.2, 0.25) is 0 Å². The SMILES string of the molecule is COc1c(C)cc(C(=O)N2C[C@H](C(=O)O)[C@H](c3ccccc3)C2)cc1C. The van der Waals surface area contributed by atoms with E-state index in [0.717, 1.165) is 22.4 Å². The number of hydrogen-bond donors (Lipinski definition) is 1. The second kappa shape index (κ2) is 7.20. The average molecular weight is 353 g/mol. The molecule has 1 N–H and O–H groups in total. The lowest BCUT2D eigenvalue weighted by Crippen LogP contribution is -2.30. The van der Waals surface area contributed by atoms with Crippen LogP contribution in [0.1, 0.15) is 33.0 Å². The number of aryl methyl sites for hydroxylation is 2. The fourth-order valence-corrected chi connectivity index (χ4v) is 3.84. The molecule has 5 heteroatoms. The Balaban J connectivity index is 1.88. The Bertz CT molecular complexity index is 808. The number of aliphatic carboxylic acids is 1. The summed E-state index contributed by atoms with van der Waals surface area (Å²) < 4.78 is 5.36. The second-order valence-electron chi connectivity index (χ2n) is 6.82. The van der Waals surface area contributed by atoms with Gasteiger partial charge in [0, 0.05) is 24.6 Å². The molecular formula is C21H23NO4. The zero-order valence-electron chi connectivity index (χ0n) is 15.2. The van der Waals surface area contributed by atoms with Crippen LogP contribution in [0.15, 0.2) is 42.5 Å². The molecule has 136 valence electrons. The predicted octanol–water partition coefficient (Wildman–Crippen LogP) is 3.25. The molecule has 1 aliphatic heterocycles. The van der Waals surface area contributed by atoms with Crippen molar-refractivity contribution < 1.29 is 19.4 Å². The van der Waals surface area contributed by atoms with Gasteiger partial charge in [-0.3, -0.25) is 9.59 Å². The van der Waals surface area contributed by atoms with E-state index in [4.69, 9.17) is 4.74 Å². The van der Waals surface area contributed by atoms with E-state index in [2.05, 4.69) is 0 Å². The van der Waals surface area contributed by atoms with Gasteiger partial charge in [-0.1, -0.05) is 30.3 Å². The lowest BCUT2D eigenvalue weighted by atomic mass is 9.89. The van der Waals surface area contributed by atoms with E-state index in [1.54, 1.807) is 24.1 Å². The quantitative estimate of drug-likeness (QED) is 0.916. The fourth-order valence-electron chi connectivity index (χ4n) is 3.84. The Labute approximate surface area is 153 Å². The van der Waals surface area contributed by atoms with E-state index in [1.165, 1.54) is 0 Å². The highest BCUT2D eigenvalue weighted by molar-refractivity contribution is 5.95. The zero-order valence-corrected chi connectivity index (χ0v) is 15.2. The van der Waals surface area contributed by atoms with Gasteiger partial charge in [0.15, 0.2) is 0 Å². The Morgan fingerprint density at radius 2 is 1.69 bits per heavy atom. The van der Waals surface area contributed by atoms with Gasteiger partial charge in [0.25, 0.3) is 5.91 Å². The molecule has 0 saturated carbocycles. The number of carboxylic acid groups (broad SMARTS) is 1. The van der Waals surface area contributed by atoms with Crippen molar-refractivity contribution in [1.29, 1.82) is 0 Å². The van der Waals surface area contributed by atoms with Gasteiger partial charge in [-0.2, -0.15) is 0 Å². The first-order valence-corrected chi connectivity index (χ1v) is 8.64. The lowest BCUT2D eigenvalue weighted by Gasteiger charge is -2.18. The van der Waals surface area contributed by atoms with Gasteiger partial charge in [-0.25, -0.2) is 0 Å². The van der Waals surface area contributed by atoms with Gasteiger partial charge in [0.2, 0.25) is 0 Å². The molecule has 26 heavy (non-hydrogen) atoms. The number of methoxy groups -OCH3 is 1. The van der Waals surface area contributed by atoms with Crippen LogP contribution in [0.5, 0.6) is 5.75 Å². The maximum Gasteiger partial charge on any atom is 0.308 e. The molecule has 1 saturated heterocycles. The van der Waals surface area contributed by atoms with Gasteiger partial charge in [-0.15, -0.1) is 0 Å². The number of hydrogen-bond acceptors (Lipinski definition) is 3. The Hall–Kier alpha value is -2.82. The molecule has 3 rings (SSSR count). The smallest absolute Gasteiger partial charge is 0.308 e. The predicted molar refractivity (Wildman–Crippen MR) is 98.7 cm³/mol. The molecule has 2 atom stereocenters. The van der Waals surface area contributed by atoms with E-state index in [-0.39, 0.29) is 18.4 Å². The van der Waals surface area contributed by atoms with Gasteiger partial charge in [0.05, 0.1) is 13.0 Å². The molecule has 0 radical (unpaired) electrons. The number of rotatable bonds is 4. The minimum atomic E-state index is -0.865. The van der Waals surface area contributed by atoms with E-state index < -0.39 is 11.9 Å². The highest BCUT2D eigenvalue weighted by atomic mass is 16.5. The van der Waals surface area contributed by atoms with Crippen LogP contribution in [-0.2, 0) is 4.79 Å². The van der Waals surface area contributed by atoms with Crippen LogP contribution in [0.25, 0.3) is 0 Å². The van der Waals surface area contributed by atoms with E-state index >= 15 is 0 Å². The van der Waals surface area contributed by atoms with Gasteiger partial charge < -0.3 is 14.7 Å². The average Bonchev–Trinajstić information content (AvgIpc) is 3.07. The van der Waals surface area contributed by atoms with Crippen molar-refractivity contribution >= 4 is 11.9 Å². The number of nitrogens with zero attached hydrogens (tertiary/aromatic N) is 1. The Kier molecular flexibility index (Phi) is 4.98. The molecule has 0 aromatic heterocycles. The van der Waals surface area contributed by atoms with Gasteiger partial charge in [-0.05, 0) is 42.7 Å². The van der Waals surface area contributed by atoms with Crippen molar-refractivity contribution in [3.63, 3.8) is 0 Å². The van der Waals surface area contributed by atoms with Crippen molar-refractivity contribution in [1.82, 2.24) is 4.90 Å². The van der Waals surface area contributed by atoms with Crippen molar-refractivity contribution in [3.05, 3.63) is 64.7 Å². The van der Waals surface area contributed by atoms with Crippen molar-refractivity contribution in [2.24, 2.45) is 5.92 Å². The van der Waals surface area contributed by atoms with Crippen molar-refractivity contribution in [3.8, 4) is 5.75 Å². The van der Waals surface area contributed by atoms with E-state index in [0.29, 0.717) is 12.1 Å². The van der Waals surface area contributed by atoms with Crippen LogP contribution in [0, 0.1) is 19.8 Å². The maximum absolute atomic E-state index is 13.0. The van der Waals surface area contributed by atoms with Crippen LogP contribution in [0.4, 0.5) is 0 Å². The van der Waals surface area contributed by atoms with Crippen LogP contribution in [-0.4, -0.2) is 42.1 Å². The van der Waals surface area contributed by atoms with Gasteiger partial charge >= 0.3 is 5.97 Å². The number of carbonyl (C=O) groups is 2. The van der Waals surface area contributed by atoms with Crippen LogP contribution in [0.3, 0.4) is 0 Å². The first-order valence-electron chi connectivity index (χ1n) is 8.64. The maximum atomic E-state index is 13.0. The number of benzene rings is 2. The highest BCUT2D eigenvalue weighted by Crippen LogP contribution is 2.34. The summed E-state index contributed by atoms with van der Waals surface area (Å²) in [6.45, 7) is 4.43. The summed E-state index contributed by atoms with van der Waals surface area (Å²) in [5.74, 6) is -1.02. The highest BCUT2D eigenvalue weighted by Gasteiger charge is 2.40. The number of amides is 1. The van der Waals surface area contributed by atoms with Gasteiger partial charge in [0.1, 0.15) is 5.75 Å². The third kappa shape index (κ3) is 3.29. The summed E-state index contributed by atoms with van der Waals surface area (Å²) in [4.78, 5) is 26.4. The molecule has 0 unspecified atom stereocenters. The first-order chi connectivity index (χ1) is 12.4.